The molecule has 1 saturated heterocycles. The first-order valence-electron chi connectivity index (χ1n) is 16.7. The standard InChI is InChI=1S/C37H41FN6O4/c1-22-10-11-24-25(12-13-28(38)30(24)43-32(45)27-20-37(27)15-7-16-37)31(22)47-33-26(9-5-17-39-33)29-14-18-40-34(42-29)41-23-8-6-19-44(21-23)35(46)48-36(2,3)4/h5,9-14,17-18,23,27H,6-8,15-16,19-21H2,1-4H3,(H,43,45)(H,40,41,42)/t23-,27+/m0/s1. The Labute approximate surface area is 279 Å². The summed E-state index contributed by atoms with van der Waals surface area (Å²) in [6.07, 6.45) is 8.86. The van der Waals surface area contributed by atoms with Gasteiger partial charge in [0.15, 0.2) is 0 Å². The molecule has 4 aromatic rings. The zero-order chi connectivity index (χ0) is 33.6. The highest BCUT2D eigenvalue weighted by Gasteiger charge is 2.61. The number of nitrogens with one attached hydrogen (secondary N) is 2. The third-order valence-electron chi connectivity index (χ3n) is 9.71. The number of rotatable bonds is 7. The van der Waals surface area contributed by atoms with Crippen molar-refractivity contribution in [2.24, 2.45) is 11.3 Å². The van der Waals surface area contributed by atoms with Gasteiger partial charge < -0.3 is 25.0 Å². The Bertz CT molecular complexity index is 1890. The molecule has 48 heavy (non-hydrogen) atoms. The minimum absolute atomic E-state index is 0.0429. The zero-order valence-electron chi connectivity index (χ0n) is 27.8. The van der Waals surface area contributed by atoms with E-state index in [0.717, 1.165) is 44.1 Å². The van der Waals surface area contributed by atoms with Gasteiger partial charge in [0.1, 0.15) is 17.2 Å². The highest BCUT2D eigenvalue weighted by Crippen LogP contribution is 2.65. The number of amides is 2. The van der Waals surface area contributed by atoms with Gasteiger partial charge in [0.2, 0.25) is 17.7 Å². The molecule has 3 heterocycles. The average Bonchev–Trinajstić information content (AvgIpc) is 3.81. The number of aryl methyl sites for hydroxylation is 1. The molecule has 7 rings (SSSR count). The van der Waals surface area contributed by atoms with Crippen LogP contribution in [0.3, 0.4) is 0 Å². The fraction of sp³-hybridized carbons (Fsp3) is 0.432. The molecule has 0 unspecified atom stereocenters. The lowest BCUT2D eigenvalue weighted by molar-refractivity contribution is -0.118. The fourth-order valence-electron chi connectivity index (χ4n) is 6.95. The summed E-state index contributed by atoms with van der Waals surface area (Å²) in [5, 5.41) is 7.52. The number of anilines is 2. The van der Waals surface area contributed by atoms with Crippen molar-refractivity contribution in [3.8, 4) is 22.9 Å². The predicted molar refractivity (Wildman–Crippen MR) is 181 cm³/mol. The lowest BCUT2D eigenvalue weighted by Crippen LogP contribution is -2.47. The van der Waals surface area contributed by atoms with Gasteiger partial charge in [-0.2, -0.15) is 0 Å². The Kier molecular flexibility index (Phi) is 8.17. The van der Waals surface area contributed by atoms with Gasteiger partial charge in [-0.25, -0.2) is 24.1 Å². The highest BCUT2D eigenvalue weighted by atomic mass is 19.1. The summed E-state index contributed by atoms with van der Waals surface area (Å²) in [6.45, 7) is 8.61. The van der Waals surface area contributed by atoms with E-state index in [4.69, 9.17) is 14.5 Å². The largest absolute Gasteiger partial charge is 0.444 e. The molecule has 2 saturated carbocycles. The molecule has 3 fully saturated rings. The molecule has 0 bridgehead atoms. The van der Waals surface area contributed by atoms with Gasteiger partial charge in [0, 0.05) is 48.2 Å². The molecule has 250 valence electrons. The second-order valence-corrected chi connectivity index (χ2v) is 14.3. The molecule has 2 atom stereocenters. The van der Waals surface area contributed by atoms with Crippen LogP contribution < -0.4 is 15.4 Å². The van der Waals surface area contributed by atoms with E-state index in [-0.39, 0.29) is 35.1 Å². The molecular weight excluding hydrogens is 611 g/mol. The number of fused-ring (bicyclic) bond motifs is 1. The van der Waals surface area contributed by atoms with Crippen LogP contribution in [0.5, 0.6) is 11.6 Å². The number of benzene rings is 2. The predicted octanol–water partition coefficient (Wildman–Crippen LogP) is 7.87. The van der Waals surface area contributed by atoms with Crippen LogP contribution in [0.2, 0.25) is 0 Å². The molecule has 3 aliphatic rings. The van der Waals surface area contributed by atoms with E-state index in [9.17, 15) is 9.59 Å². The quantitative estimate of drug-likeness (QED) is 0.207. The van der Waals surface area contributed by atoms with Crippen LogP contribution >= 0.6 is 0 Å². The van der Waals surface area contributed by atoms with Gasteiger partial charge in [-0.3, -0.25) is 4.79 Å². The second kappa shape index (κ2) is 12.3. The maximum Gasteiger partial charge on any atom is 0.410 e. The summed E-state index contributed by atoms with van der Waals surface area (Å²) in [7, 11) is 0. The van der Waals surface area contributed by atoms with E-state index in [1.54, 1.807) is 29.4 Å². The van der Waals surface area contributed by atoms with Crippen LogP contribution in [0.4, 0.5) is 20.8 Å². The molecule has 2 N–H and O–H groups in total. The molecule has 10 nitrogen and oxygen atoms in total. The van der Waals surface area contributed by atoms with E-state index in [2.05, 4.69) is 20.6 Å². The molecular formula is C37H41FN6O4. The van der Waals surface area contributed by atoms with Crippen molar-refractivity contribution in [2.45, 2.75) is 77.9 Å². The number of hydrogen-bond donors (Lipinski definition) is 2. The van der Waals surface area contributed by atoms with Crippen molar-refractivity contribution in [1.29, 1.82) is 0 Å². The lowest BCUT2D eigenvalue weighted by Gasteiger charge is -2.34. The normalized spacial score (nSPS) is 19.8. The molecule has 1 aliphatic heterocycles. The molecule has 1 spiro atoms. The number of carbonyl (C=O) groups excluding carboxylic acids is 2. The van der Waals surface area contributed by atoms with Crippen LogP contribution in [0.15, 0.2) is 54.9 Å². The number of nitrogens with zero attached hydrogens (tertiary/aromatic N) is 4. The van der Waals surface area contributed by atoms with Gasteiger partial charge in [0.05, 0.1) is 16.9 Å². The zero-order valence-corrected chi connectivity index (χ0v) is 27.8. The Morgan fingerprint density at radius 1 is 1.02 bits per heavy atom. The number of carbonyl (C=O) groups is 2. The van der Waals surface area contributed by atoms with Crippen molar-refractivity contribution >= 4 is 34.4 Å². The third-order valence-corrected chi connectivity index (χ3v) is 9.71. The number of pyridine rings is 1. The van der Waals surface area contributed by atoms with Gasteiger partial charge in [0.25, 0.3) is 0 Å². The van der Waals surface area contributed by atoms with Gasteiger partial charge in [-0.15, -0.1) is 0 Å². The summed E-state index contributed by atoms with van der Waals surface area (Å²) in [4.78, 5) is 41.3. The van der Waals surface area contributed by atoms with Crippen LogP contribution in [0.25, 0.3) is 22.0 Å². The SMILES string of the molecule is Cc1ccc2c(NC(=O)[C@H]3CC34CCC4)c(F)ccc2c1Oc1ncccc1-c1ccnc(N[C@H]2CCCN(C(=O)OC(C)(C)C)C2)n1. The van der Waals surface area contributed by atoms with Crippen molar-refractivity contribution in [3.63, 3.8) is 0 Å². The number of aromatic nitrogens is 3. The first-order chi connectivity index (χ1) is 23.0. The summed E-state index contributed by atoms with van der Waals surface area (Å²) >= 11 is 0. The molecule has 2 amide bonds. The molecule has 11 heteroatoms. The van der Waals surface area contributed by atoms with Crippen molar-refractivity contribution in [2.75, 3.05) is 23.7 Å². The minimum Gasteiger partial charge on any atom is -0.444 e. The van der Waals surface area contributed by atoms with E-state index in [1.165, 1.54) is 6.07 Å². The Morgan fingerprint density at radius 3 is 2.58 bits per heavy atom. The maximum atomic E-state index is 15.2. The van der Waals surface area contributed by atoms with E-state index < -0.39 is 11.4 Å². The highest BCUT2D eigenvalue weighted by molar-refractivity contribution is 6.06. The fourth-order valence-corrected chi connectivity index (χ4v) is 6.95. The monoisotopic (exact) mass is 652 g/mol. The number of piperidine rings is 1. The number of ether oxygens (including phenoxy) is 2. The first-order valence-corrected chi connectivity index (χ1v) is 16.7. The van der Waals surface area contributed by atoms with Crippen LogP contribution in [0, 0.1) is 24.1 Å². The Hall–Kier alpha value is -4.80. The van der Waals surface area contributed by atoms with Gasteiger partial charge in [-0.1, -0.05) is 18.6 Å². The van der Waals surface area contributed by atoms with Crippen LogP contribution in [-0.2, 0) is 9.53 Å². The molecule has 0 radical (unpaired) electrons. The summed E-state index contributed by atoms with van der Waals surface area (Å²) < 4.78 is 27.3. The smallest absolute Gasteiger partial charge is 0.410 e. The summed E-state index contributed by atoms with van der Waals surface area (Å²) in [6, 6.07) is 12.1. The number of hydrogen-bond acceptors (Lipinski definition) is 8. The maximum absolute atomic E-state index is 15.2. The van der Waals surface area contributed by atoms with Gasteiger partial charge >= 0.3 is 6.09 Å². The summed E-state index contributed by atoms with van der Waals surface area (Å²) in [5.74, 6) is 0.617. The number of halogens is 1. The Balaban J connectivity index is 1.12. The van der Waals surface area contributed by atoms with E-state index in [0.29, 0.717) is 52.7 Å². The minimum atomic E-state index is -0.563. The van der Waals surface area contributed by atoms with Gasteiger partial charge in [-0.05, 0) is 101 Å². The molecule has 2 aromatic carbocycles. The van der Waals surface area contributed by atoms with Crippen molar-refractivity contribution < 1.29 is 23.5 Å². The summed E-state index contributed by atoms with van der Waals surface area (Å²) in [5.41, 5.74) is 1.82. The number of likely N-dealkylation sites (tertiary alicyclic amines) is 1. The Morgan fingerprint density at radius 2 is 1.83 bits per heavy atom. The molecule has 2 aliphatic carbocycles. The average molecular weight is 653 g/mol. The van der Waals surface area contributed by atoms with E-state index in [1.807, 2.05) is 52.0 Å². The second-order valence-electron chi connectivity index (χ2n) is 14.3. The first kappa shape index (κ1) is 31.8. The van der Waals surface area contributed by atoms with Crippen molar-refractivity contribution in [1.82, 2.24) is 19.9 Å². The topological polar surface area (TPSA) is 119 Å². The van der Waals surface area contributed by atoms with E-state index >= 15 is 4.39 Å². The van der Waals surface area contributed by atoms with Crippen LogP contribution in [0.1, 0.15) is 64.9 Å². The lowest BCUT2D eigenvalue weighted by atomic mass is 9.79. The van der Waals surface area contributed by atoms with Crippen LogP contribution in [-0.4, -0.2) is 56.6 Å². The molecule has 2 aromatic heterocycles. The third kappa shape index (κ3) is 6.37. The van der Waals surface area contributed by atoms with Crippen molar-refractivity contribution in [3.05, 3.63) is 66.2 Å².